The molecule has 0 amide bonds. The monoisotopic (exact) mass is 190 g/mol. The van der Waals surface area contributed by atoms with E-state index in [1.165, 1.54) is 30.6 Å². The van der Waals surface area contributed by atoms with Gasteiger partial charge in [-0.25, -0.2) is 0 Å². The van der Waals surface area contributed by atoms with Gasteiger partial charge in [0.1, 0.15) is 0 Å². The van der Waals surface area contributed by atoms with Crippen LogP contribution in [0.3, 0.4) is 0 Å². The molecule has 1 aliphatic heterocycles. The minimum Gasteiger partial charge on any atom is -0.369 e. The molecule has 0 aromatic heterocycles. The molecule has 1 atom stereocenters. The quantitative estimate of drug-likeness (QED) is 0.774. The van der Waals surface area contributed by atoms with E-state index in [1.54, 1.807) is 0 Å². The maximum absolute atomic E-state index is 5.74. The molecule has 0 saturated carbocycles. The van der Waals surface area contributed by atoms with Crippen LogP contribution in [0.1, 0.15) is 25.3 Å². The van der Waals surface area contributed by atoms with Gasteiger partial charge in [0.2, 0.25) is 0 Å². The summed E-state index contributed by atoms with van der Waals surface area (Å²) >= 11 is 0. The van der Waals surface area contributed by atoms with Gasteiger partial charge in [-0.2, -0.15) is 0 Å². The number of nitrogens with zero attached hydrogens (tertiary/aromatic N) is 1. The highest BCUT2D eigenvalue weighted by Crippen LogP contribution is 2.27. The van der Waals surface area contributed by atoms with Gasteiger partial charge in [0, 0.05) is 24.8 Å². The van der Waals surface area contributed by atoms with Gasteiger partial charge in [-0.1, -0.05) is 18.2 Å². The van der Waals surface area contributed by atoms with E-state index in [2.05, 4.69) is 36.1 Å². The van der Waals surface area contributed by atoms with Crippen LogP contribution in [-0.4, -0.2) is 12.6 Å². The van der Waals surface area contributed by atoms with E-state index >= 15 is 0 Å². The Morgan fingerprint density at radius 2 is 2.21 bits per heavy atom. The van der Waals surface area contributed by atoms with Crippen LogP contribution in [0, 0.1) is 0 Å². The number of hydrogen-bond acceptors (Lipinski definition) is 2. The molecule has 2 heteroatoms. The standard InChI is InChI=1S/C12H18N2/c1-10-5-4-8-14(10)12-7-3-2-6-11(12)9-13/h2-3,6-7,10H,4-5,8-9,13H2,1H3. The van der Waals surface area contributed by atoms with Crippen molar-refractivity contribution in [3.63, 3.8) is 0 Å². The predicted octanol–water partition coefficient (Wildman–Crippen LogP) is 2.13. The minimum atomic E-state index is 0.638. The maximum Gasteiger partial charge on any atom is 0.0414 e. The second-order valence-corrected chi connectivity index (χ2v) is 4.02. The van der Waals surface area contributed by atoms with Crippen molar-refractivity contribution in [1.82, 2.24) is 0 Å². The molecule has 0 spiro atoms. The summed E-state index contributed by atoms with van der Waals surface area (Å²) in [5, 5.41) is 0. The summed E-state index contributed by atoms with van der Waals surface area (Å²) in [6.07, 6.45) is 2.61. The van der Waals surface area contributed by atoms with Crippen LogP contribution >= 0.6 is 0 Å². The van der Waals surface area contributed by atoms with Gasteiger partial charge in [0.25, 0.3) is 0 Å². The van der Waals surface area contributed by atoms with Gasteiger partial charge >= 0.3 is 0 Å². The Kier molecular flexibility index (Phi) is 2.73. The lowest BCUT2D eigenvalue weighted by atomic mass is 10.1. The first-order valence-electron chi connectivity index (χ1n) is 5.37. The molecule has 1 unspecified atom stereocenters. The van der Waals surface area contributed by atoms with Crippen molar-refractivity contribution in [2.45, 2.75) is 32.4 Å². The third kappa shape index (κ3) is 1.62. The second-order valence-electron chi connectivity index (χ2n) is 4.02. The van der Waals surface area contributed by atoms with Crippen LogP contribution in [-0.2, 0) is 6.54 Å². The van der Waals surface area contributed by atoms with E-state index in [0.29, 0.717) is 12.6 Å². The fourth-order valence-corrected chi connectivity index (χ4v) is 2.25. The smallest absolute Gasteiger partial charge is 0.0414 e. The van der Waals surface area contributed by atoms with Crippen LogP contribution in [0.15, 0.2) is 24.3 Å². The number of rotatable bonds is 2. The predicted molar refractivity (Wildman–Crippen MR) is 60.4 cm³/mol. The summed E-state index contributed by atoms with van der Waals surface area (Å²) in [5.41, 5.74) is 8.34. The molecular weight excluding hydrogens is 172 g/mol. The lowest BCUT2D eigenvalue weighted by Gasteiger charge is -2.26. The fourth-order valence-electron chi connectivity index (χ4n) is 2.25. The van der Waals surface area contributed by atoms with E-state index in [-0.39, 0.29) is 0 Å². The van der Waals surface area contributed by atoms with Gasteiger partial charge in [-0.15, -0.1) is 0 Å². The molecule has 0 aliphatic carbocycles. The summed E-state index contributed by atoms with van der Waals surface area (Å²) in [5.74, 6) is 0. The maximum atomic E-state index is 5.74. The number of para-hydroxylation sites is 1. The third-order valence-corrected chi connectivity index (χ3v) is 3.07. The first kappa shape index (κ1) is 9.53. The van der Waals surface area contributed by atoms with Crippen LogP contribution in [0.25, 0.3) is 0 Å². The molecule has 0 radical (unpaired) electrons. The average molecular weight is 190 g/mol. The lowest BCUT2D eigenvalue weighted by molar-refractivity contribution is 0.731. The van der Waals surface area contributed by atoms with E-state index in [0.717, 1.165) is 0 Å². The van der Waals surface area contributed by atoms with Crippen molar-refractivity contribution in [2.75, 3.05) is 11.4 Å². The minimum absolute atomic E-state index is 0.638. The Balaban J connectivity index is 2.30. The number of benzene rings is 1. The molecule has 2 rings (SSSR count). The Bertz CT molecular complexity index is 309. The molecule has 2 N–H and O–H groups in total. The number of anilines is 1. The Labute approximate surface area is 85.7 Å². The van der Waals surface area contributed by atoms with Crippen molar-refractivity contribution in [3.05, 3.63) is 29.8 Å². The van der Waals surface area contributed by atoms with Gasteiger partial charge in [0.15, 0.2) is 0 Å². The third-order valence-electron chi connectivity index (χ3n) is 3.07. The van der Waals surface area contributed by atoms with E-state index < -0.39 is 0 Å². The van der Waals surface area contributed by atoms with Crippen molar-refractivity contribution in [2.24, 2.45) is 5.73 Å². The molecule has 76 valence electrons. The van der Waals surface area contributed by atoms with Crippen LogP contribution in [0.2, 0.25) is 0 Å². The molecule has 1 aromatic carbocycles. The van der Waals surface area contributed by atoms with Gasteiger partial charge < -0.3 is 10.6 Å². The lowest BCUT2D eigenvalue weighted by Crippen LogP contribution is -2.27. The Hall–Kier alpha value is -1.02. The highest BCUT2D eigenvalue weighted by Gasteiger charge is 2.21. The molecule has 2 nitrogen and oxygen atoms in total. The topological polar surface area (TPSA) is 29.3 Å². The molecule has 14 heavy (non-hydrogen) atoms. The van der Waals surface area contributed by atoms with Crippen LogP contribution in [0.4, 0.5) is 5.69 Å². The van der Waals surface area contributed by atoms with E-state index in [1.807, 2.05) is 0 Å². The normalized spacial score (nSPS) is 21.6. The SMILES string of the molecule is CC1CCCN1c1ccccc1CN. The highest BCUT2D eigenvalue weighted by molar-refractivity contribution is 5.54. The summed E-state index contributed by atoms with van der Waals surface area (Å²) in [4.78, 5) is 2.47. The molecule has 1 saturated heterocycles. The van der Waals surface area contributed by atoms with E-state index in [4.69, 9.17) is 5.73 Å². The summed E-state index contributed by atoms with van der Waals surface area (Å²) < 4.78 is 0. The highest BCUT2D eigenvalue weighted by atomic mass is 15.2. The molecule has 1 heterocycles. The summed E-state index contributed by atoms with van der Waals surface area (Å²) in [6, 6.07) is 9.14. The van der Waals surface area contributed by atoms with Crippen LogP contribution in [0.5, 0.6) is 0 Å². The molecule has 1 fully saturated rings. The molecule has 1 aromatic rings. The zero-order chi connectivity index (χ0) is 9.97. The zero-order valence-corrected chi connectivity index (χ0v) is 8.74. The van der Waals surface area contributed by atoms with Gasteiger partial charge in [-0.3, -0.25) is 0 Å². The van der Waals surface area contributed by atoms with Crippen molar-refractivity contribution >= 4 is 5.69 Å². The molecule has 1 aliphatic rings. The van der Waals surface area contributed by atoms with Gasteiger partial charge in [-0.05, 0) is 31.4 Å². The first-order valence-corrected chi connectivity index (χ1v) is 5.37. The van der Waals surface area contributed by atoms with Crippen molar-refractivity contribution in [1.29, 1.82) is 0 Å². The fraction of sp³-hybridized carbons (Fsp3) is 0.500. The van der Waals surface area contributed by atoms with Crippen molar-refractivity contribution in [3.8, 4) is 0 Å². The van der Waals surface area contributed by atoms with Crippen LogP contribution < -0.4 is 10.6 Å². The average Bonchev–Trinajstić information content (AvgIpc) is 2.64. The van der Waals surface area contributed by atoms with Crippen molar-refractivity contribution < 1.29 is 0 Å². The number of nitrogens with two attached hydrogens (primary N) is 1. The molecular formula is C12H18N2. The summed E-state index contributed by atoms with van der Waals surface area (Å²) in [7, 11) is 0. The first-order chi connectivity index (χ1) is 6.83. The zero-order valence-electron chi connectivity index (χ0n) is 8.74. The van der Waals surface area contributed by atoms with Gasteiger partial charge in [0.05, 0.1) is 0 Å². The summed E-state index contributed by atoms with van der Waals surface area (Å²) in [6.45, 7) is 4.11. The Morgan fingerprint density at radius 3 is 2.86 bits per heavy atom. The number of hydrogen-bond donors (Lipinski definition) is 1. The Morgan fingerprint density at radius 1 is 1.43 bits per heavy atom. The second kappa shape index (κ2) is 4.01. The largest absolute Gasteiger partial charge is 0.369 e. The van der Waals surface area contributed by atoms with E-state index in [9.17, 15) is 0 Å². The molecule has 0 bridgehead atoms.